The second-order valence-corrected chi connectivity index (χ2v) is 6.92. The van der Waals surface area contributed by atoms with Gasteiger partial charge in [-0.1, -0.05) is 6.07 Å². The molecule has 0 aliphatic rings. The molecule has 2 aromatic heterocycles. The third-order valence-electron chi connectivity index (χ3n) is 3.20. The summed E-state index contributed by atoms with van der Waals surface area (Å²) in [6.07, 6.45) is 0. The molecule has 0 saturated heterocycles. The van der Waals surface area contributed by atoms with Crippen molar-refractivity contribution < 1.29 is 13.9 Å². The van der Waals surface area contributed by atoms with Crippen LogP contribution in [0.2, 0.25) is 0 Å². The summed E-state index contributed by atoms with van der Waals surface area (Å²) in [6.45, 7) is 2.51. The highest BCUT2D eigenvalue weighted by Crippen LogP contribution is 2.30. The van der Waals surface area contributed by atoms with Crippen LogP contribution >= 0.6 is 22.7 Å². The van der Waals surface area contributed by atoms with E-state index in [1.807, 2.05) is 24.4 Å². The number of thiazole rings is 1. The van der Waals surface area contributed by atoms with Crippen molar-refractivity contribution in [3.8, 4) is 15.6 Å². The zero-order chi connectivity index (χ0) is 16.9. The van der Waals surface area contributed by atoms with Crippen LogP contribution in [0.3, 0.4) is 0 Å². The minimum atomic E-state index is -0.308. The molecule has 1 aromatic carbocycles. The van der Waals surface area contributed by atoms with E-state index in [1.165, 1.54) is 23.5 Å². The Morgan fingerprint density at radius 3 is 2.79 bits per heavy atom. The van der Waals surface area contributed by atoms with Crippen LogP contribution in [-0.2, 0) is 0 Å². The van der Waals surface area contributed by atoms with Crippen LogP contribution in [0.25, 0.3) is 9.88 Å². The number of hydrogen-bond acceptors (Lipinski definition) is 5. The molecule has 0 bridgehead atoms. The highest BCUT2D eigenvalue weighted by Gasteiger charge is 2.16. The molecule has 124 valence electrons. The molecule has 0 saturated carbocycles. The average molecular weight is 362 g/mol. The number of aryl methyl sites for hydroxylation is 1. The third-order valence-corrected chi connectivity index (χ3v) is 5.40. The van der Waals surface area contributed by atoms with Crippen LogP contribution in [0.4, 0.5) is 4.39 Å². The quantitative estimate of drug-likeness (QED) is 0.671. The number of amides is 1. The van der Waals surface area contributed by atoms with Gasteiger partial charge in [0, 0.05) is 0 Å². The van der Waals surface area contributed by atoms with Gasteiger partial charge in [-0.25, -0.2) is 9.37 Å². The highest BCUT2D eigenvalue weighted by molar-refractivity contribution is 7.22. The first-order valence-corrected chi connectivity index (χ1v) is 9.01. The Bertz CT molecular complexity index is 814. The van der Waals surface area contributed by atoms with Gasteiger partial charge in [-0.2, -0.15) is 0 Å². The first kappa shape index (κ1) is 16.6. The van der Waals surface area contributed by atoms with Gasteiger partial charge in [0.05, 0.1) is 17.1 Å². The summed E-state index contributed by atoms with van der Waals surface area (Å²) in [6, 6.07) is 9.72. The van der Waals surface area contributed by atoms with Gasteiger partial charge in [0.2, 0.25) is 0 Å². The molecule has 0 radical (unpaired) electrons. The number of carbonyl (C=O) groups is 1. The number of nitrogens with zero attached hydrogens (tertiary/aromatic N) is 1. The Kier molecular flexibility index (Phi) is 5.22. The largest absolute Gasteiger partial charge is 0.492 e. The first-order valence-electron chi connectivity index (χ1n) is 7.31. The van der Waals surface area contributed by atoms with Gasteiger partial charge in [0.25, 0.3) is 5.91 Å². The molecule has 0 aliphatic heterocycles. The molecule has 0 atom stereocenters. The van der Waals surface area contributed by atoms with Crippen molar-refractivity contribution in [3.05, 3.63) is 58.2 Å². The van der Waals surface area contributed by atoms with Gasteiger partial charge in [-0.05, 0) is 42.6 Å². The van der Waals surface area contributed by atoms with Gasteiger partial charge in [0.1, 0.15) is 28.1 Å². The Labute approximate surface area is 146 Å². The van der Waals surface area contributed by atoms with Gasteiger partial charge in [-0.3, -0.25) is 4.79 Å². The van der Waals surface area contributed by atoms with E-state index in [9.17, 15) is 9.18 Å². The van der Waals surface area contributed by atoms with E-state index in [2.05, 4.69) is 10.3 Å². The molecule has 3 rings (SSSR count). The maximum Gasteiger partial charge on any atom is 0.263 e. The Hall–Kier alpha value is -2.25. The summed E-state index contributed by atoms with van der Waals surface area (Å²) >= 11 is 2.99. The van der Waals surface area contributed by atoms with Crippen LogP contribution < -0.4 is 10.1 Å². The number of thiophene rings is 1. The molecule has 24 heavy (non-hydrogen) atoms. The van der Waals surface area contributed by atoms with E-state index < -0.39 is 0 Å². The molecule has 1 N–H and O–H groups in total. The molecular formula is C17H15FN2O2S2. The van der Waals surface area contributed by atoms with E-state index >= 15 is 0 Å². The van der Waals surface area contributed by atoms with E-state index in [4.69, 9.17) is 4.74 Å². The van der Waals surface area contributed by atoms with Crippen molar-refractivity contribution in [2.24, 2.45) is 0 Å². The number of rotatable bonds is 6. The lowest BCUT2D eigenvalue weighted by atomic mass is 10.3. The van der Waals surface area contributed by atoms with Crippen LogP contribution in [0.5, 0.6) is 5.75 Å². The number of hydrogen-bond donors (Lipinski definition) is 1. The van der Waals surface area contributed by atoms with Gasteiger partial charge < -0.3 is 10.1 Å². The van der Waals surface area contributed by atoms with Crippen molar-refractivity contribution >= 4 is 28.6 Å². The summed E-state index contributed by atoms with van der Waals surface area (Å²) in [4.78, 5) is 18.4. The van der Waals surface area contributed by atoms with E-state index in [1.54, 1.807) is 23.5 Å². The van der Waals surface area contributed by atoms with E-state index in [-0.39, 0.29) is 11.7 Å². The third kappa shape index (κ3) is 3.98. The number of halogens is 1. The van der Waals surface area contributed by atoms with Crippen LogP contribution in [0.15, 0.2) is 41.8 Å². The van der Waals surface area contributed by atoms with Crippen molar-refractivity contribution in [2.75, 3.05) is 13.2 Å². The fourth-order valence-corrected chi connectivity index (χ4v) is 3.84. The number of aromatic nitrogens is 1. The normalized spacial score (nSPS) is 10.6. The lowest BCUT2D eigenvalue weighted by molar-refractivity contribution is 0.0950. The monoisotopic (exact) mass is 362 g/mol. The number of benzene rings is 1. The summed E-state index contributed by atoms with van der Waals surface area (Å²) in [5.74, 6) is 0.105. The van der Waals surface area contributed by atoms with Gasteiger partial charge >= 0.3 is 0 Å². The summed E-state index contributed by atoms with van der Waals surface area (Å²) in [5, 5.41) is 5.66. The van der Waals surface area contributed by atoms with Gasteiger partial charge in [0.15, 0.2) is 0 Å². The Morgan fingerprint density at radius 2 is 2.08 bits per heavy atom. The molecule has 1 amide bonds. The predicted octanol–water partition coefficient (Wildman–Crippen LogP) is 4.13. The minimum absolute atomic E-state index is 0.157. The topological polar surface area (TPSA) is 51.2 Å². The molecule has 3 aromatic rings. The Balaban J connectivity index is 1.53. The maximum absolute atomic E-state index is 12.8. The summed E-state index contributed by atoms with van der Waals surface area (Å²) in [7, 11) is 0. The number of carbonyl (C=O) groups excluding carboxylic acids is 1. The van der Waals surface area contributed by atoms with Crippen LogP contribution in [0.1, 0.15) is 15.4 Å². The fraction of sp³-hybridized carbons (Fsp3) is 0.176. The molecule has 7 heteroatoms. The molecule has 4 nitrogen and oxygen atoms in total. The second-order valence-electron chi connectivity index (χ2n) is 4.97. The number of ether oxygens (including phenoxy) is 1. The molecule has 0 spiro atoms. The lowest BCUT2D eigenvalue weighted by Crippen LogP contribution is -2.27. The molecular weight excluding hydrogens is 347 g/mol. The standard InChI is InChI=1S/C17H15FN2O2S2/c1-11-15(24-17(20-11)14-3-2-10-23-14)16(21)19-8-9-22-13-6-4-12(18)5-7-13/h2-7,10H,8-9H2,1H3,(H,19,21). The van der Waals surface area contributed by atoms with Crippen LogP contribution in [0, 0.1) is 12.7 Å². The summed E-state index contributed by atoms with van der Waals surface area (Å²) in [5.41, 5.74) is 0.723. The van der Waals surface area contributed by atoms with Crippen molar-refractivity contribution in [1.82, 2.24) is 10.3 Å². The Morgan fingerprint density at radius 1 is 1.29 bits per heavy atom. The zero-order valence-corrected chi connectivity index (χ0v) is 14.5. The lowest BCUT2D eigenvalue weighted by Gasteiger charge is -2.07. The zero-order valence-electron chi connectivity index (χ0n) is 12.9. The maximum atomic E-state index is 12.8. The second kappa shape index (κ2) is 7.55. The van der Waals surface area contributed by atoms with Crippen LogP contribution in [-0.4, -0.2) is 24.0 Å². The average Bonchev–Trinajstić information content (AvgIpc) is 3.22. The number of nitrogens with one attached hydrogen (secondary N) is 1. The molecule has 0 fully saturated rings. The van der Waals surface area contributed by atoms with E-state index in [0.29, 0.717) is 23.8 Å². The SMILES string of the molecule is Cc1nc(-c2cccs2)sc1C(=O)NCCOc1ccc(F)cc1. The van der Waals surface area contributed by atoms with Crippen molar-refractivity contribution in [3.63, 3.8) is 0 Å². The minimum Gasteiger partial charge on any atom is -0.492 e. The molecule has 2 heterocycles. The van der Waals surface area contributed by atoms with Gasteiger partial charge in [-0.15, -0.1) is 22.7 Å². The smallest absolute Gasteiger partial charge is 0.263 e. The fourth-order valence-electron chi connectivity index (χ4n) is 2.06. The first-order chi connectivity index (χ1) is 11.6. The summed E-state index contributed by atoms with van der Waals surface area (Å²) < 4.78 is 18.2. The van der Waals surface area contributed by atoms with E-state index in [0.717, 1.165) is 15.6 Å². The van der Waals surface area contributed by atoms with Crippen molar-refractivity contribution in [2.45, 2.75) is 6.92 Å². The van der Waals surface area contributed by atoms with Crippen molar-refractivity contribution in [1.29, 1.82) is 0 Å². The predicted molar refractivity (Wildman–Crippen MR) is 94.4 cm³/mol. The molecule has 0 unspecified atom stereocenters. The highest BCUT2D eigenvalue weighted by atomic mass is 32.1. The molecule has 0 aliphatic carbocycles.